The molecule has 1 aromatic rings. The van der Waals surface area contributed by atoms with E-state index in [2.05, 4.69) is 10.4 Å². The number of halogens is 2. The van der Waals surface area contributed by atoms with Crippen molar-refractivity contribution in [3.05, 3.63) is 22.2 Å². The Bertz CT molecular complexity index is 415. The summed E-state index contributed by atoms with van der Waals surface area (Å²) in [5, 5.41) is 10.6. The molecule has 3 N–H and O–H groups in total. The van der Waals surface area contributed by atoms with Crippen molar-refractivity contribution in [2.24, 2.45) is 5.84 Å². The van der Waals surface area contributed by atoms with Crippen molar-refractivity contribution in [1.82, 2.24) is 4.98 Å². The van der Waals surface area contributed by atoms with Crippen LogP contribution in [0, 0.1) is 10.1 Å². The number of nitrogens with two attached hydrogens (primary N) is 1. The molecule has 0 unspecified atom stereocenters. The molecule has 0 bridgehead atoms. The molecule has 0 aromatic carbocycles. The lowest BCUT2D eigenvalue weighted by Crippen LogP contribution is -2.25. The van der Waals surface area contributed by atoms with Crippen molar-refractivity contribution in [1.29, 1.82) is 0 Å². The van der Waals surface area contributed by atoms with E-state index in [1.54, 1.807) is 0 Å². The standard InChI is InChI=1S/C8H11F2N5O2/c1-14(4-6(9)10)8-3-5(15(16)17)2-7(12-8)13-11/h2-3,6H,4,11H2,1H3,(H,12,13). The predicted octanol–water partition coefficient (Wildman–Crippen LogP) is 0.977. The number of nitro groups is 1. The maximum atomic E-state index is 12.2. The van der Waals surface area contributed by atoms with Crippen LogP contribution >= 0.6 is 0 Å². The van der Waals surface area contributed by atoms with Crippen molar-refractivity contribution in [3.63, 3.8) is 0 Å². The highest BCUT2D eigenvalue weighted by Gasteiger charge is 2.15. The summed E-state index contributed by atoms with van der Waals surface area (Å²) in [5.41, 5.74) is 1.87. The van der Waals surface area contributed by atoms with E-state index < -0.39 is 17.9 Å². The average molecular weight is 247 g/mol. The van der Waals surface area contributed by atoms with Crippen LogP contribution in [-0.4, -0.2) is 29.9 Å². The van der Waals surface area contributed by atoms with Crippen molar-refractivity contribution in [3.8, 4) is 0 Å². The van der Waals surface area contributed by atoms with Crippen LogP contribution in [0.5, 0.6) is 0 Å². The number of rotatable bonds is 5. The topological polar surface area (TPSA) is 97.3 Å². The number of nitrogens with zero attached hydrogens (tertiary/aromatic N) is 3. The summed E-state index contributed by atoms with van der Waals surface area (Å²) in [6.07, 6.45) is -2.56. The zero-order valence-electron chi connectivity index (χ0n) is 8.93. The maximum Gasteiger partial charge on any atom is 0.276 e. The second-order valence-electron chi connectivity index (χ2n) is 3.24. The van der Waals surface area contributed by atoms with E-state index in [4.69, 9.17) is 5.84 Å². The largest absolute Gasteiger partial charge is 0.354 e. The molecule has 0 atom stereocenters. The third-order valence-electron chi connectivity index (χ3n) is 1.96. The van der Waals surface area contributed by atoms with Gasteiger partial charge in [0.05, 0.1) is 23.6 Å². The summed E-state index contributed by atoms with van der Waals surface area (Å²) in [6.45, 7) is -0.571. The molecule has 0 aliphatic rings. The molecule has 0 aliphatic carbocycles. The smallest absolute Gasteiger partial charge is 0.276 e. The van der Waals surface area contributed by atoms with E-state index in [1.807, 2.05) is 0 Å². The normalized spacial score (nSPS) is 10.4. The van der Waals surface area contributed by atoms with Crippen LogP contribution in [0.3, 0.4) is 0 Å². The molecule has 1 rings (SSSR count). The highest BCUT2D eigenvalue weighted by atomic mass is 19.3. The summed E-state index contributed by atoms with van der Waals surface area (Å²) in [4.78, 5) is 14.9. The molecule has 1 aromatic heterocycles. The van der Waals surface area contributed by atoms with Crippen molar-refractivity contribution >= 4 is 17.3 Å². The van der Waals surface area contributed by atoms with Crippen molar-refractivity contribution < 1.29 is 13.7 Å². The number of anilines is 2. The van der Waals surface area contributed by atoms with Crippen LogP contribution < -0.4 is 16.2 Å². The molecular weight excluding hydrogens is 236 g/mol. The van der Waals surface area contributed by atoms with Gasteiger partial charge in [-0.1, -0.05) is 0 Å². The molecule has 7 nitrogen and oxygen atoms in total. The third kappa shape index (κ3) is 3.48. The quantitative estimate of drug-likeness (QED) is 0.457. The van der Waals surface area contributed by atoms with Gasteiger partial charge in [0.1, 0.15) is 11.6 Å². The molecule has 0 spiro atoms. The van der Waals surface area contributed by atoms with Crippen molar-refractivity contribution in [2.75, 3.05) is 23.9 Å². The fourth-order valence-electron chi connectivity index (χ4n) is 1.18. The Morgan fingerprint density at radius 3 is 2.76 bits per heavy atom. The molecule has 0 saturated carbocycles. The SMILES string of the molecule is CN(CC(F)F)c1cc([N+](=O)[O-])cc(NN)n1. The van der Waals surface area contributed by atoms with Crippen LogP contribution in [0.4, 0.5) is 26.1 Å². The van der Waals surface area contributed by atoms with Crippen LogP contribution in [0.15, 0.2) is 12.1 Å². The van der Waals surface area contributed by atoms with Gasteiger partial charge in [0.15, 0.2) is 0 Å². The highest BCUT2D eigenvalue weighted by Crippen LogP contribution is 2.22. The minimum Gasteiger partial charge on any atom is -0.354 e. The first-order valence-electron chi connectivity index (χ1n) is 4.56. The Morgan fingerprint density at radius 1 is 1.65 bits per heavy atom. The molecule has 1 heterocycles. The van der Waals surface area contributed by atoms with Gasteiger partial charge in [-0.15, -0.1) is 0 Å². The summed E-state index contributed by atoms with van der Waals surface area (Å²) in [7, 11) is 1.36. The summed E-state index contributed by atoms with van der Waals surface area (Å²) < 4.78 is 24.3. The van der Waals surface area contributed by atoms with Gasteiger partial charge >= 0.3 is 0 Å². The molecule has 0 saturated heterocycles. The monoisotopic (exact) mass is 247 g/mol. The van der Waals surface area contributed by atoms with Gasteiger partial charge < -0.3 is 10.3 Å². The lowest BCUT2D eigenvalue weighted by molar-refractivity contribution is -0.384. The number of nitrogens with one attached hydrogen (secondary N) is 1. The highest BCUT2D eigenvalue weighted by molar-refractivity contribution is 5.55. The number of hydrogen-bond acceptors (Lipinski definition) is 6. The van der Waals surface area contributed by atoms with Gasteiger partial charge in [-0.25, -0.2) is 19.6 Å². The van der Waals surface area contributed by atoms with Crippen molar-refractivity contribution in [2.45, 2.75) is 6.43 Å². The minimum absolute atomic E-state index is 0.0373. The van der Waals surface area contributed by atoms with E-state index in [0.29, 0.717) is 0 Å². The summed E-state index contributed by atoms with van der Waals surface area (Å²) in [5.74, 6) is 5.17. The molecule has 0 amide bonds. The van der Waals surface area contributed by atoms with E-state index in [-0.39, 0.29) is 17.3 Å². The second kappa shape index (κ2) is 5.34. The molecule has 0 fully saturated rings. The number of pyridine rings is 1. The molecular formula is C8H11F2N5O2. The Morgan fingerprint density at radius 2 is 2.29 bits per heavy atom. The van der Waals surface area contributed by atoms with Crippen LogP contribution in [-0.2, 0) is 0 Å². The fraction of sp³-hybridized carbons (Fsp3) is 0.375. The maximum absolute atomic E-state index is 12.2. The van der Waals surface area contributed by atoms with Gasteiger partial charge in [-0.3, -0.25) is 10.1 Å². The van der Waals surface area contributed by atoms with Gasteiger partial charge in [0.2, 0.25) is 0 Å². The third-order valence-corrected chi connectivity index (χ3v) is 1.96. The van der Waals surface area contributed by atoms with E-state index in [1.165, 1.54) is 7.05 Å². The average Bonchev–Trinajstić information content (AvgIpc) is 2.27. The van der Waals surface area contributed by atoms with E-state index in [9.17, 15) is 18.9 Å². The van der Waals surface area contributed by atoms with Crippen LogP contribution in [0.2, 0.25) is 0 Å². The summed E-state index contributed by atoms with van der Waals surface area (Å²) >= 11 is 0. The van der Waals surface area contributed by atoms with Crippen LogP contribution in [0.25, 0.3) is 0 Å². The molecule has 17 heavy (non-hydrogen) atoms. The van der Waals surface area contributed by atoms with E-state index >= 15 is 0 Å². The lowest BCUT2D eigenvalue weighted by Gasteiger charge is -2.17. The zero-order chi connectivity index (χ0) is 13.0. The Balaban J connectivity index is 3.06. The first-order valence-corrected chi connectivity index (χ1v) is 4.56. The Hall–Kier alpha value is -2.03. The fourth-order valence-corrected chi connectivity index (χ4v) is 1.18. The molecule has 0 aliphatic heterocycles. The van der Waals surface area contributed by atoms with Gasteiger partial charge in [-0.2, -0.15) is 0 Å². The number of aromatic nitrogens is 1. The van der Waals surface area contributed by atoms with Crippen LogP contribution in [0.1, 0.15) is 0 Å². The number of nitrogen functional groups attached to an aromatic ring is 1. The van der Waals surface area contributed by atoms with Gasteiger partial charge in [0.25, 0.3) is 12.1 Å². The molecule has 0 radical (unpaired) electrons. The Kier molecular flexibility index (Phi) is 4.10. The number of hydrogen-bond donors (Lipinski definition) is 2. The summed E-state index contributed by atoms with van der Waals surface area (Å²) in [6, 6.07) is 2.21. The first kappa shape index (κ1) is 13.0. The predicted molar refractivity (Wildman–Crippen MR) is 58.0 cm³/mol. The lowest BCUT2D eigenvalue weighted by atomic mass is 10.3. The zero-order valence-corrected chi connectivity index (χ0v) is 8.93. The molecule has 94 valence electrons. The minimum atomic E-state index is -2.56. The molecule has 9 heteroatoms. The van der Waals surface area contributed by atoms with Gasteiger partial charge in [0, 0.05) is 7.05 Å². The number of hydrazine groups is 1. The second-order valence-corrected chi connectivity index (χ2v) is 3.24. The number of alkyl halides is 2. The van der Waals surface area contributed by atoms with E-state index in [0.717, 1.165) is 17.0 Å². The van der Waals surface area contributed by atoms with Gasteiger partial charge in [-0.05, 0) is 0 Å². The first-order chi connectivity index (χ1) is 7.93. The Labute approximate surface area is 95.3 Å².